The van der Waals surface area contributed by atoms with Crippen molar-refractivity contribution in [2.75, 3.05) is 11.9 Å². The zero-order chi connectivity index (χ0) is 21.4. The summed E-state index contributed by atoms with van der Waals surface area (Å²) >= 11 is 0. The second kappa shape index (κ2) is 7.91. The van der Waals surface area contributed by atoms with E-state index >= 15 is 0 Å². The fourth-order valence-electron chi connectivity index (χ4n) is 4.89. The molecule has 0 aromatic heterocycles. The minimum absolute atomic E-state index is 0.00178. The molecule has 0 saturated carbocycles. The molecule has 0 heterocycles. The van der Waals surface area contributed by atoms with Gasteiger partial charge in [-0.05, 0) is 64.8 Å². The van der Waals surface area contributed by atoms with Gasteiger partial charge in [-0.25, -0.2) is 4.79 Å². The molecule has 0 spiro atoms. The molecule has 0 bridgehead atoms. The van der Waals surface area contributed by atoms with E-state index in [9.17, 15) is 14.7 Å². The van der Waals surface area contributed by atoms with Crippen molar-refractivity contribution < 1.29 is 19.4 Å². The van der Waals surface area contributed by atoms with Gasteiger partial charge < -0.3 is 9.84 Å². The Kier molecular flexibility index (Phi) is 4.94. The molecule has 2 aliphatic rings. The number of carboxylic acid groups (broad SMARTS) is 1. The molecule has 1 atom stereocenters. The monoisotopic (exact) mass is 413 g/mol. The van der Waals surface area contributed by atoms with Gasteiger partial charge in [0.15, 0.2) is 0 Å². The number of amides is 1. The predicted molar refractivity (Wildman–Crippen MR) is 118 cm³/mol. The summed E-state index contributed by atoms with van der Waals surface area (Å²) in [5.41, 5.74) is 7.07. The van der Waals surface area contributed by atoms with E-state index in [2.05, 4.69) is 29.6 Å². The van der Waals surface area contributed by atoms with Crippen LogP contribution in [0.1, 0.15) is 46.9 Å². The molecule has 156 valence electrons. The maximum Gasteiger partial charge on any atom is 0.411 e. The number of hydrogen-bond acceptors (Lipinski definition) is 3. The van der Waals surface area contributed by atoms with Gasteiger partial charge in [0.05, 0.1) is 5.92 Å². The van der Waals surface area contributed by atoms with Crippen molar-refractivity contribution in [2.24, 2.45) is 0 Å². The summed E-state index contributed by atoms with van der Waals surface area (Å²) in [6.45, 7) is 0.239. The first-order chi connectivity index (χ1) is 15.1. The lowest BCUT2D eigenvalue weighted by Gasteiger charge is -2.23. The van der Waals surface area contributed by atoms with Crippen LogP contribution in [0.3, 0.4) is 0 Å². The number of hydrogen-bond donors (Lipinski definition) is 2. The maximum atomic E-state index is 12.5. The average molecular weight is 413 g/mol. The summed E-state index contributed by atoms with van der Waals surface area (Å²) in [4.78, 5) is 24.1. The van der Waals surface area contributed by atoms with Crippen LogP contribution in [0.5, 0.6) is 0 Å². The number of fused-ring (bicyclic) bond motifs is 4. The highest BCUT2D eigenvalue weighted by Crippen LogP contribution is 2.44. The van der Waals surface area contributed by atoms with Crippen LogP contribution in [0.15, 0.2) is 66.7 Å². The van der Waals surface area contributed by atoms with Crippen LogP contribution in [-0.4, -0.2) is 23.8 Å². The van der Waals surface area contributed by atoms with Gasteiger partial charge in [0.25, 0.3) is 0 Å². The van der Waals surface area contributed by atoms with Gasteiger partial charge in [-0.3, -0.25) is 10.1 Å². The fourth-order valence-corrected chi connectivity index (χ4v) is 4.89. The molecule has 0 saturated heterocycles. The molecular weight excluding hydrogens is 390 g/mol. The normalized spacial score (nSPS) is 16.7. The van der Waals surface area contributed by atoms with Gasteiger partial charge in [-0.1, -0.05) is 54.6 Å². The Morgan fingerprint density at radius 3 is 2.29 bits per heavy atom. The van der Waals surface area contributed by atoms with Gasteiger partial charge in [0.1, 0.15) is 6.61 Å². The first kappa shape index (κ1) is 19.4. The van der Waals surface area contributed by atoms with E-state index < -0.39 is 18.0 Å². The van der Waals surface area contributed by atoms with E-state index in [1.807, 2.05) is 36.4 Å². The first-order valence-corrected chi connectivity index (χ1v) is 10.6. The quantitative estimate of drug-likeness (QED) is 0.588. The zero-order valence-electron chi connectivity index (χ0n) is 17.0. The summed E-state index contributed by atoms with van der Waals surface area (Å²) in [6.07, 6.45) is 1.81. The molecule has 2 N–H and O–H groups in total. The van der Waals surface area contributed by atoms with Gasteiger partial charge in [0.2, 0.25) is 0 Å². The Hall–Kier alpha value is -3.60. The maximum absolute atomic E-state index is 12.5. The molecule has 1 amide bonds. The first-order valence-electron chi connectivity index (χ1n) is 10.6. The minimum atomic E-state index is -0.820. The van der Waals surface area contributed by atoms with Gasteiger partial charge >= 0.3 is 12.1 Å². The predicted octanol–water partition coefficient (Wildman–Crippen LogP) is 5.55. The average Bonchev–Trinajstić information content (AvgIpc) is 3.11. The van der Waals surface area contributed by atoms with E-state index in [1.165, 1.54) is 11.1 Å². The number of rotatable bonds is 4. The highest BCUT2D eigenvalue weighted by Gasteiger charge is 2.29. The molecule has 31 heavy (non-hydrogen) atoms. The molecule has 0 fully saturated rings. The van der Waals surface area contributed by atoms with Gasteiger partial charge in [-0.15, -0.1) is 0 Å². The number of anilines is 1. The number of aryl methyl sites for hydroxylation is 1. The Balaban J connectivity index is 1.30. The van der Waals surface area contributed by atoms with Gasteiger partial charge in [0, 0.05) is 11.6 Å². The van der Waals surface area contributed by atoms with E-state index in [4.69, 9.17) is 4.74 Å². The smallest absolute Gasteiger partial charge is 0.411 e. The van der Waals surface area contributed by atoms with E-state index in [1.54, 1.807) is 6.07 Å². The molecule has 5 heteroatoms. The van der Waals surface area contributed by atoms with Crippen molar-refractivity contribution in [3.8, 4) is 11.1 Å². The summed E-state index contributed by atoms with van der Waals surface area (Å²) in [7, 11) is 0. The van der Waals surface area contributed by atoms with Crippen molar-refractivity contribution >= 4 is 17.7 Å². The molecule has 5 rings (SSSR count). The molecule has 5 nitrogen and oxygen atoms in total. The van der Waals surface area contributed by atoms with Crippen LogP contribution in [0.4, 0.5) is 10.5 Å². The van der Waals surface area contributed by atoms with E-state index in [-0.39, 0.29) is 12.5 Å². The van der Waals surface area contributed by atoms with Crippen molar-refractivity contribution in [1.29, 1.82) is 0 Å². The number of carboxylic acids is 1. The molecule has 3 aromatic carbocycles. The number of benzene rings is 3. The third-order valence-electron chi connectivity index (χ3n) is 6.35. The fraction of sp³-hybridized carbons (Fsp3) is 0.231. The Morgan fingerprint density at radius 1 is 0.935 bits per heavy atom. The summed E-state index contributed by atoms with van der Waals surface area (Å²) in [6, 6.07) is 21.9. The highest BCUT2D eigenvalue weighted by molar-refractivity contribution is 5.86. The number of nitrogens with one attached hydrogen (secondary N) is 1. The minimum Gasteiger partial charge on any atom is -0.481 e. The van der Waals surface area contributed by atoms with Crippen molar-refractivity contribution in [1.82, 2.24) is 0 Å². The van der Waals surface area contributed by atoms with E-state index in [0.717, 1.165) is 35.1 Å². The molecule has 0 aliphatic heterocycles. The molecule has 1 unspecified atom stereocenters. The van der Waals surface area contributed by atoms with Crippen LogP contribution in [0.25, 0.3) is 11.1 Å². The third kappa shape index (κ3) is 3.56. The standard InChI is InChI=1S/C26H23NO4/c28-25(29)22-11-5-6-16-12-13-17(14-23(16)22)27-26(30)31-15-24-20-9-3-1-7-18(20)19-8-2-4-10-21(19)24/h1-4,7-10,12-14,22,24H,5-6,11,15H2,(H,27,30)(H,28,29). The van der Waals surface area contributed by atoms with Crippen LogP contribution in [-0.2, 0) is 16.0 Å². The summed E-state index contributed by atoms with van der Waals surface area (Å²) in [5.74, 6) is -1.34. The van der Waals surface area contributed by atoms with Crippen LogP contribution in [0, 0.1) is 0 Å². The Bertz CT molecular complexity index is 1120. The van der Waals surface area contributed by atoms with Gasteiger partial charge in [-0.2, -0.15) is 0 Å². The second-order valence-corrected chi connectivity index (χ2v) is 8.15. The number of ether oxygens (including phenoxy) is 1. The topological polar surface area (TPSA) is 75.6 Å². The highest BCUT2D eigenvalue weighted by atomic mass is 16.5. The van der Waals surface area contributed by atoms with Crippen molar-refractivity contribution in [2.45, 2.75) is 31.1 Å². The summed E-state index contributed by atoms with van der Waals surface area (Å²) in [5, 5.41) is 12.3. The van der Waals surface area contributed by atoms with Crippen LogP contribution in [0.2, 0.25) is 0 Å². The molecule has 2 aliphatic carbocycles. The summed E-state index contributed by atoms with van der Waals surface area (Å²) < 4.78 is 5.60. The Morgan fingerprint density at radius 2 is 1.61 bits per heavy atom. The zero-order valence-corrected chi connectivity index (χ0v) is 17.0. The number of aliphatic carboxylic acids is 1. The largest absolute Gasteiger partial charge is 0.481 e. The Labute approximate surface area is 180 Å². The number of carbonyl (C=O) groups excluding carboxylic acids is 1. The van der Waals surface area contributed by atoms with Crippen molar-refractivity contribution in [3.05, 3.63) is 89.0 Å². The lowest BCUT2D eigenvalue weighted by atomic mass is 9.82. The SMILES string of the molecule is O=C(Nc1ccc2c(c1)C(C(=O)O)CCC2)OCC1c2ccccc2-c2ccccc21. The molecule has 3 aromatic rings. The number of carbonyl (C=O) groups is 2. The molecular formula is C26H23NO4. The second-order valence-electron chi connectivity index (χ2n) is 8.15. The third-order valence-corrected chi connectivity index (χ3v) is 6.35. The molecule has 0 radical (unpaired) electrons. The van der Waals surface area contributed by atoms with E-state index in [0.29, 0.717) is 12.1 Å². The lowest BCUT2D eigenvalue weighted by Crippen LogP contribution is -2.20. The van der Waals surface area contributed by atoms with Crippen LogP contribution < -0.4 is 5.32 Å². The van der Waals surface area contributed by atoms with Crippen LogP contribution >= 0.6 is 0 Å². The lowest BCUT2D eigenvalue weighted by molar-refractivity contribution is -0.139. The van der Waals surface area contributed by atoms with Crippen molar-refractivity contribution in [3.63, 3.8) is 0 Å².